The summed E-state index contributed by atoms with van der Waals surface area (Å²) in [6.07, 6.45) is 4.76. The largest absolute Gasteiger partial charge is 0.311 e. The molecule has 1 fully saturated rings. The van der Waals surface area contributed by atoms with Crippen molar-refractivity contribution in [3.63, 3.8) is 0 Å². The van der Waals surface area contributed by atoms with Gasteiger partial charge in [0.15, 0.2) is 0 Å². The summed E-state index contributed by atoms with van der Waals surface area (Å²) in [7, 11) is 0. The first-order valence-corrected chi connectivity index (χ1v) is 19.8. The zero-order valence-corrected chi connectivity index (χ0v) is 31.4. The van der Waals surface area contributed by atoms with Gasteiger partial charge >= 0.3 is 0 Å². The molecule has 0 amide bonds. The van der Waals surface area contributed by atoms with Crippen molar-refractivity contribution in [2.24, 2.45) is 0 Å². The number of anilines is 6. The second-order valence-corrected chi connectivity index (χ2v) is 14.9. The molecule has 3 nitrogen and oxygen atoms in total. The summed E-state index contributed by atoms with van der Waals surface area (Å²) < 4.78 is 2.40. The average Bonchev–Trinajstić information content (AvgIpc) is 3.90. The van der Waals surface area contributed by atoms with Gasteiger partial charge in [-0.1, -0.05) is 134 Å². The van der Waals surface area contributed by atoms with Crippen LogP contribution in [-0.2, 0) is 5.41 Å². The molecule has 0 N–H and O–H groups in total. The number of hydrogen-bond acceptors (Lipinski definition) is 2. The molecule has 56 heavy (non-hydrogen) atoms. The zero-order valence-electron chi connectivity index (χ0n) is 31.4. The number of rotatable bonds is 9. The summed E-state index contributed by atoms with van der Waals surface area (Å²) in [6.45, 7) is 0. The molecule has 0 saturated heterocycles. The Balaban J connectivity index is 1.04. The Labute approximate surface area is 329 Å². The first-order valence-electron chi connectivity index (χ1n) is 19.8. The molecule has 1 aliphatic rings. The van der Waals surface area contributed by atoms with Gasteiger partial charge in [-0.15, -0.1) is 0 Å². The maximum absolute atomic E-state index is 2.40. The summed E-state index contributed by atoms with van der Waals surface area (Å²) >= 11 is 0. The lowest BCUT2D eigenvalue weighted by Gasteiger charge is -2.33. The van der Waals surface area contributed by atoms with Crippen molar-refractivity contribution >= 4 is 55.9 Å². The fourth-order valence-electron chi connectivity index (χ4n) is 9.16. The standard InChI is InChI=1S/C53H43N3/c1-5-17-42(18-6-1)54(43-19-7-2-8-20-43)46-31-27-40(28-32-46)53(37-15-16-38-53)41-29-33-47(34-30-41)55(44-21-9-3-10-22-44)48-35-36-50-49-25-13-14-26-51(49)56(52(50)39-48)45-23-11-4-12-24-45/h1-14,17-36,39H,15-16,37-38H2. The summed E-state index contributed by atoms with van der Waals surface area (Å²) in [5.74, 6) is 0. The number of fused-ring (bicyclic) bond motifs is 3. The second-order valence-electron chi connectivity index (χ2n) is 14.9. The molecule has 1 heterocycles. The average molecular weight is 722 g/mol. The molecule has 1 aliphatic carbocycles. The smallest absolute Gasteiger partial charge is 0.0561 e. The maximum atomic E-state index is 2.40. The SMILES string of the molecule is c1ccc(N(c2ccccc2)c2ccc(C3(c4ccc(N(c5ccccc5)c5ccc6c7ccccc7n(-c7ccccc7)c6c5)cc4)CCCC3)cc2)cc1. The Bertz CT molecular complexity index is 2670. The first-order chi connectivity index (χ1) is 27.8. The monoisotopic (exact) mass is 721 g/mol. The van der Waals surface area contributed by atoms with Crippen LogP contribution in [0.15, 0.2) is 212 Å². The van der Waals surface area contributed by atoms with Gasteiger partial charge in [-0.2, -0.15) is 0 Å². The molecule has 8 aromatic carbocycles. The van der Waals surface area contributed by atoms with Crippen LogP contribution in [0.5, 0.6) is 0 Å². The van der Waals surface area contributed by atoms with Crippen LogP contribution >= 0.6 is 0 Å². The molecule has 0 spiro atoms. The number of aromatic nitrogens is 1. The van der Waals surface area contributed by atoms with Crippen molar-refractivity contribution < 1.29 is 0 Å². The topological polar surface area (TPSA) is 11.4 Å². The predicted octanol–water partition coefficient (Wildman–Crippen LogP) is 14.6. The van der Waals surface area contributed by atoms with E-state index in [9.17, 15) is 0 Å². The summed E-state index contributed by atoms with van der Waals surface area (Å²) in [4.78, 5) is 4.74. The molecule has 0 atom stereocenters. The molecule has 10 rings (SSSR count). The van der Waals surface area contributed by atoms with Gasteiger partial charge in [0.25, 0.3) is 0 Å². The molecule has 1 saturated carbocycles. The van der Waals surface area contributed by atoms with E-state index in [4.69, 9.17) is 0 Å². The van der Waals surface area contributed by atoms with Gasteiger partial charge in [0, 0.05) is 56.0 Å². The van der Waals surface area contributed by atoms with E-state index in [0.29, 0.717) is 0 Å². The molecule has 3 heteroatoms. The molecule has 0 bridgehead atoms. The van der Waals surface area contributed by atoms with Crippen molar-refractivity contribution in [1.29, 1.82) is 0 Å². The van der Waals surface area contributed by atoms with Crippen molar-refractivity contribution in [1.82, 2.24) is 4.57 Å². The molecule has 9 aromatic rings. The predicted molar refractivity (Wildman–Crippen MR) is 236 cm³/mol. The molecular weight excluding hydrogens is 679 g/mol. The third kappa shape index (κ3) is 5.93. The highest BCUT2D eigenvalue weighted by Gasteiger charge is 2.37. The Morgan fingerprint density at radius 3 is 1.25 bits per heavy atom. The lowest BCUT2D eigenvalue weighted by atomic mass is 9.73. The Morgan fingerprint density at radius 2 is 0.732 bits per heavy atom. The maximum Gasteiger partial charge on any atom is 0.0561 e. The Hall–Kier alpha value is -6.84. The summed E-state index contributed by atoms with van der Waals surface area (Å²) in [5.41, 5.74) is 13.2. The zero-order chi connectivity index (χ0) is 37.3. The highest BCUT2D eigenvalue weighted by Crippen LogP contribution is 2.48. The van der Waals surface area contributed by atoms with Crippen molar-refractivity contribution in [2.75, 3.05) is 9.80 Å². The van der Waals surface area contributed by atoms with Crippen LogP contribution in [0.4, 0.5) is 34.1 Å². The molecule has 270 valence electrons. The minimum Gasteiger partial charge on any atom is -0.311 e. The van der Waals surface area contributed by atoms with Gasteiger partial charge in [-0.3, -0.25) is 0 Å². The van der Waals surface area contributed by atoms with Gasteiger partial charge in [-0.25, -0.2) is 0 Å². The Morgan fingerprint density at radius 1 is 0.339 bits per heavy atom. The van der Waals surface area contributed by atoms with E-state index in [2.05, 4.69) is 227 Å². The van der Waals surface area contributed by atoms with E-state index < -0.39 is 0 Å². The van der Waals surface area contributed by atoms with E-state index in [1.165, 1.54) is 45.8 Å². The minimum absolute atomic E-state index is 0.0194. The lowest BCUT2D eigenvalue weighted by Crippen LogP contribution is -2.24. The van der Waals surface area contributed by atoms with Crippen molar-refractivity contribution in [3.05, 3.63) is 223 Å². The molecule has 0 radical (unpaired) electrons. The fourth-order valence-corrected chi connectivity index (χ4v) is 9.16. The molecule has 0 aliphatic heterocycles. The van der Waals surface area contributed by atoms with Crippen LogP contribution in [0.2, 0.25) is 0 Å². The first kappa shape index (κ1) is 33.7. The van der Waals surface area contributed by atoms with E-state index in [0.717, 1.165) is 52.7 Å². The summed E-state index contributed by atoms with van der Waals surface area (Å²) in [6, 6.07) is 77.3. The van der Waals surface area contributed by atoms with Crippen LogP contribution in [-0.4, -0.2) is 4.57 Å². The fraction of sp³-hybridized carbons (Fsp3) is 0.0943. The number of para-hydroxylation sites is 5. The highest BCUT2D eigenvalue weighted by atomic mass is 15.1. The van der Waals surface area contributed by atoms with Crippen LogP contribution in [0, 0.1) is 0 Å². The van der Waals surface area contributed by atoms with Gasteiger partial charge in [0.05, 0.1) is 11.0 Å². The van der Waals surface area contributed by atoms with E-state index in [1.54, 1.807) is 0 Å². The van der Waals surface area contributed by atoms with Crippen molar-refractivity contribution in [3.8, 4) is 5.69 Å². The lowest BCUT2D eigenvalue weighted by molar-refractivity contribution is 0.535. The van der Waals surface area contributed by atoms with E-state index >= 15 is 0 Å². The van der Waals surface area contributed by atoms with Crippen LogP contribution in [0.3, 0.4) is 0 Å². The molecular formula is C53H43N3. The highest BCUT2D eigenvalue weighted by molar-refractivity contribution is 6.10. The second kappa shape index (κ2) is 14.4. The third-order valence-corrected chi connectivity index (χ3v) is 11.8. The Kier molecular flexibility index (Phi) is 8.69. The van der Waals surface area contributed by atoms with Gasteiger partial charge < -0.3 is 14.4 Å². The minimum atomic E-state index is -0.0194. The van der Waals surface area contributed by atoms with E-state index in [-0.39, 0.29) is 5.41 Å². The number of nitrogens with zero attached hydrogens (tertiary/aromatic N) is 3. The van der Waals surface area contributed by atoms with Crippen LogP contribution in [0.25, 0.3) is 27.5 Å². The van der Waals surface area contributed by atoms with Crippen LogP contribution < -0.4 is 9.80 Å². The molecule has 0 unspecified atom stereocenters. The van der Waals surface area contributed by atoms with E-state index in [1.807, 2.05) is 0 Å². The quantitative estimate of drug-likeness (QED) is 0.147. The number of benzene rings is 8. The van der Waals surface area contributed by atoms with Gasteiger partial charge in [0.2, 0.25) is 0 Å². The molecule has 1 aromatic heterocycles. The van der Waals surface area contributed by atoms with Crippen LogP contribution in [0.1, 0.15) is 36.8 Å². The van der Waals surface area contributed by atoms with Gasteiger partial charge in [0.1, 0.15) is 0 Å². The number of hydrogen-bond donors (Lipinski definition) is 0. The summed E-state index contributed by atoms with van der Waals surface area (Å²) in [5, 5.41) is 2.51. The normalized spacial score (nSPS) is 13.6. The van der Waals surface area contributed by atoms with Crippen molar-refractivity contribution in [2.45, 2.75) is 31.1 Å². The van der Waals surface area contributed by atoms with Gasteiger partial charge in [-0.05, 0) is 115 Å². The third-order valence-electron chi connectivity index (χ3n) is 11.8.